The van der Waals surface area contributed by atoms with Gasteiger partial charge in [0, 0.05) is 18.2 Å². The van der Waals surface area contributed by atoms with E-state index in [0.717, 1.165) is 5.56 Å². The Morgan fingerprint density at radius 3 is 2.57 bits per heavy atom. The molecule has 1 aromatic rings. The lowest BCUT2D eigenvalue weighted by molar-refractivity contribution is -0.148. The third kappa shape index (κ3) is 4.64. The number of esters is 1. The normalized spacial score (nSPS) is 11.4. The molecule has 1 aromatic carbocycles. The van der Waals surface area contributed by atoms with Crippen LogP contribution in [0.3, 0.4) is 0 Å². The summed E-state index contributed by atoms with van der Waals surface area (Å²) in [7, 11) is 3.07. The summed E-state index contributed by atoms with van der Waals surface area (Å²) in [5, 5.41) is 2.56. The predicted octanol–water partition coefficient (Wildman–Crippen LogP) is 0.210. The summed E-state index contributed by atoms with van der Waals surface area (Å²) in [6.45, 7) is 2.00. The number of hydrogen-bond acceptors (Lipinski definition) is 6. The molecule has 0 saturated carbocycles. The van der Waals surface area contributed by atoms with E-state index in [1.54, 1.807) is 32.2 Å². The molecule has 1 unspecified atom stereocenters. The van der Waals surface area contributed by atoms with E-state index in [0.29, 0.717) is 11.5 Å². The number of amides is 1. The van der Waals surface area contributed by atoms with Crippen LogP contribution in [0.25, 0.3) is 0 Å². The Bertz CT molecular complexity index is 504. The highest BCUT2D eigenvalue weighted by atomic mass is 16.5. The average Bonchev–Trinajstić information content (AvgIpc) is 2.51. The Labute approximate surface area is 123 Å². The van der Waals surface area contributed by atoms with Gasteiger partial charge >= 0.3 is 5.97 Å². The first-order chi connectivity index (χ1) is 10.0. The lowest BCUT2D eigenvalue weighted by Crippen LogP contribution is -2.46. The topological polar surface area (TPSA) is 99.9 Å². The number of carbonyl (C=O) groups is 2. The van der Waals surface area contributed by atoms with E-state index in [1.807, 2.05) is 0 Å². The molecule has 116 valence electrons. The van der Waals surface area contributed by atoms with Crippen molar-refractivity contribution in [3.63, 3.8) is 0 Å². The molecular formula is C14H20N2O5. The largest absolute Gasteiger partial charge is 0.497 e. The zero-order chi connectivity index (χ0) is 15.8. The van der Waals surface area contributed by atoms with Crippen molar-refractivity contribution in [1.82, 2.24) is 5.32 Å². The van der Waals surface area contributed by atoms with Gasteiger partial charge in [-0.3, -0.25) is 4.79 Å². The fraction of sp³-hybridized carbons (Fsp3) is 0.429. The summed E-state index contributed by atoms with van der Waals surface area (Å²) >= 11 is 0. The summed E-state index contributed by atoms with van der Waals surface area (Å²) in [6.07, 6.45) is 0. The fourth-order valence-electron chi connectivity index (χ4n) is 1.63. The van der Waals surface area contributed by atoms with Gasteiger partial charge in [0.2, 0.25) is 5.91 Å². The van der Waals surface area contributed by atoms with Crippen LogP contribution in [0.4, 0.5) is 0 Å². The molecule has 0 spiro atoms. The van der Waals surface area contributed by atoms with Gasteiger partial charge in [-0.25, -0.2) is 4.79 Å². The van der Waals surface area contributed by atoms with E-state index < -0.39 is 17.9 Å². The van der Waals surface area contributed by atoms with Gasteiger partial charge in [-0.15, -0.1) is 0 Å². The number of nitrogens with one attached hydrogen (secondary N) is 1. The van der Waals surface area contributed by atoms with Crippen molar-refractivity contribution >= 4 is 11.9 Å². The quantitative estimate of drug-likeness (QED) is 0.551. The van der Waals surface area contributed by atoms with Crippen molar-refractivity contribution in [3.05, 3.63) is 23.8 Å². The Morgan fingerprint density at radius 2 is 2.00 bits per heavy atom. The van der Waals surface area contributed by atoms with Crippen molar-refractivity contribution in [2.24, 2.45) is 5.73 Å². The molecule has 0 bridgehead atoms. The highest BCUT2D eigenvalue weighted by Crippen LogP contribution is 2.24. The highest BCUT2D eigenvalue weighted by Gasteiger charge is 2.23. The fourth-order valence-corrected chi connectivity index (χ4v) is 1.63. The van der Waals surface area contributed by atoms with Gasteiger partial charge in [-0.1, -0.05) is 0 Å². The summed E-state index contributed by atoms with van der Waals surface area (Å²) in [5.41, 5.74) is 6.23. The average molecular weight is 296 g/mol. The summed E-state index contributed by atoms with van der Waals surface area (Å²) in [6, 6.07) is 3.87. The molecule has 1 amide bonds. The number of benzene rings is 1. The number of methoxy groups -OCH3 is 2. The summed E-state index contributed by atoms with van der Waals surface area (Å²) in [5.74, 6) is -0.146. The van der Waals surface area contributed by atoms with Crippen molar-refractivity contribution in [2.45, 2.75) is 19.5 Å². The number of rotatable bonds is 7. The van der Waals surface area contributed by atoms with Crippen LogP contribution in [0.15, 0.2) is 18.2 Å². The second-order valence-corrected chi connectivity index (χ2v) is 4.13. The van der Waals surface area contributed by atoms with Crippen LogP contribution in [0.1, 0.15) is 12.5 Å². The van der Waals surface area contributed by atoms with Crippen molar-refractivity contribution in [3.8, 4) is 11.5 Å². The molecule has 1 rings (SSSR count). The lowest BCUT2D eigenvalue weighted by Gasteiger charge is -2.13. The second kappa shape index (κ2) is 8.11. The number of ether oxygens (including phenoxy) is 3. The maximum atomic E-state index is 11.8. The van der Waals surface area contributed by atoms with E-state index >= 15 is 0 Å². The van der Waals surface area contributed by atoms with Gasteiger partial charge in [0.15, 0.2) is 6.04 Å². The van der Waals surface area contributed by atoms with E-state index in [1.165, 1.54) is 7.11 Å². The minimum absolute atomic E-state index is 0.173. The van der Waals surface area contributed by atoms with Crippen LogP contribution in [0.5, 0.6) is 11.5 Å². The molecule has 0 aliphatic carbocycles. The molecule has 0 heterocycles. The van der Waals surface area contributed by atoms with Crippen molar-refractivity contribution < 1.29 is 23.8 Å². The van der Waals surface area contributed by atoms with Crippen LogP contribution >= 0.6 is 0 Å². The standard InChI is InChI=1S/C14H20N2O5/c1-4-21-14(18)12(15)13(17)16-8-9-5-6-10(19-2)7-11(9)20-3/h5-7,12H,4,8,15H2,1-3H3,(H,16,17). The SMILES string of the molecule is CCOC(=O)C(N)C(=O)NCc1ccc(OC)cc1OC. The van der Waals surface area contributed by atoms with E-state index in [4.69, 9.17) is 15.2 Å². The van der Waals surface area contributed by atoms with Crippen LogP contribution < -0.4 is 20.5 Å². The van der Waals surface area contributed by atoms with Crippen LogP contribution in [-0.4, -0.2) is 38.7 Å². The smallest absolute Gasteiger partial charge is 0.332 e. The first-order valence-corrected chi connectivity index (χ1v) is 6.44. The molecule has 0 fully saturated rings. The van der Waals surface area contributed by atoms with E-state index in [9.17, 15) is 9.59 Å². The van der Waals surface area contributed by atoms with Gasteiger partial charge in [-0.05, 0) is 19.1 Å². The summed E-state index contributed by atoms with van der Waals surface area (Å²) in [4.78, 5) is 23.1. The third-order valence-corrected chi connectivity index (χ3v) is 2.77. The monoisotopic (exact) mass is 296 g/mol. The first-order valence-electron chi connectivity index (χ1n) is 6.44. The second-order valence-electron chi connectivity index (χ2n) is 4.13. The zero-order valence-electron chi connectivity index (χ0n) is 12.3. The molecule has 0 aliphatic heterocycles. The Hall–Kier alpha value is -2.28. The van der Waals surface area contributed by atoms with E-state index in [2.05, 4.69) is 10.1 Å². The van der Waals surface area contributed by atoms with Crippen LogP contribution in [-0.2, 0) is 20.9 Å². The summed E-state index contributed by atoms with van der Waals surface area (Å²) < 4.78 is 15.0. The molecule has 0 saturated heterocycles. The first kappa shape index (κ1) is 16.8. The highest BCUT2D eigenvalue weighted by molar-refractivity contribution is 6.01. The number of nitrogens with two attached hydrogens (primary N) is 1. The molecule has 0 aromatic heterocycles. The molecule has 1 atom stereocenters. The molecular weight excluding hydrogens is 276 g/mol. The lowest BCUT2D eigenvalue weighted by atomic mass is 10.2. The van der Waals surface area contributed by atoms with E-state index in [-0.39, 0.29) is 13.2 Å². The van der Waals surface area contributed by atoms with Crippen LogP contribution in [0, 0.1) is 0 Å². The minimum atomic E-state index is -1.34. The maximum absolute atomic E-state index is 11.8. The maximum Gasteiger partial charge on any atom is 0.332 e. The van der Waals surface area contributed by atoms with Gasteiger partial charge < -0.3 is 25.3 Å². The Morgan fingerprint density at radius 1 is 1.29 bits per heavy atom. The number of hydrogen-bond donors (Lipinski definition) is 2. The van der Waals surface area contributed by atoms with Gasteiger partial charge in [-0.2, -0.15) is 0 Å². The Balaban J connectivity index is 2.66. The molecule has 7 nitrogen and oxygen atoms in total. The Kier molecular flexibility index (Phi) is 6.48. The molecule has 3 N–H and O–H groups in total. The van der Waals surface area contributed by atoms with Gasteiger partial charge in [0.1, 0.15) is 11.5 Å². The predicted molar refractivity (Wildman–Crippen MR) is 76.0 cm³/mol. The molecule has 7 heteroatoms. The van der Waals surface area contributed by atoms with Gasteiger partial charge in [0.25, 0.3) is 0 Å². The third-order valence-electron chi connectivity index (χ3n) is 2.77. The zero-order valence-corrected chi connectivity index (χ0v) is 12.3. The van der Waals surface area contributed by atoms with Crippen molar-refractivity contribution in [2.75, 3.05) is 20.8 Å². The molecule has 21 heavy (non-hydrogen) atoms. The minimum Gasteiger partial charge on any atom is -0.497 e. The molecule has 0 aliphatic rings. The van der Waals surface area contributed by atoms with Crippen LogP contribution in [0.2, 0.25) is 0 Å². The molecule has 0 radical (unpaired) electrons. The van der Waals surface area contributed by atoms with Crippen molar-refractivity contribution in [1.29, 1.82) is 0 Å². The van der Waals surface area contributed by atoms with Gasteiger partial charge in [0.05, 0.1) is 20.8 Å². The number of carbonyl (C=O) groups excluding carboxylic acids is 2.